The molecular weight excluding hydrogens is 322 g/mol. The number of hydrogen-bond donors (Lipinski definition) is 0. The van der Waals surface area contributed by atoms with E-state index in [-0.39, 0.29) is 22.3 Å². The number of rotatable bonds is 3. The topological polar surface area (TPSA) is 44.1 Å². The van der Waals surface area contributed by atoms with Crippen molar-refractivity contribution in [3.8, 4) is 5.69 Å². The maximum Gasteiger partial charge on any atom is 0.341 e. The summed E-state index contributed by atoms with van der Waals surface area (Å²) in [6, 6.07) is 2.23. The normalized spacial score (nSPS) is 10.5. The van der Waals surface area contributed by atoms with E-state index in [0.717, 1.165) is 16.8 Å². The van der Waals surface area contributed by atoms with Crippen molar-refractivity contribution in [3.05, 3.63) is 46.2 Å². The fourth-order valence-electron chi connectivity index (χ4n) is 1.52. The molecule has 100 valence electrons. The molecule has 0 bridgehead atoms. The highest BCUT2D eigenvalue weighted by Gasteiger charge is 2.16. The molecule has 0 aliphatic heterocycles. The number of nitrogens with zero attached hydrogens (tertiary/aromatic N) is 2. The second-order valence-electron chi connectivity index (χ2n) is 3.61. The van der Waals surface area contributed by atoms with Crippen LogP contribution in [-0.4, -0.2) is 22.4 Å². The monoisotopic (exact) mass is 330 g/mol. The van der Waals surface area contributed by atoms with Crippen LogP contribution in [0.15, 0.2) is 29.0 Å². The van der Waals surface area contributed by atoms with Crippen LogP contribution < -0.4 is 0 Å². The van der Waals surface area contributed by atoms with Gasteiger partial charge in [0.05, 0.1) is 18.4 Å². The van der Waals surface area contributed by atoms with Crippen LogP contribution in [0, 0.1) is 11.6 Å². The average Bonchev–Trinajstić information content (AvgIpc) is 2.77. The van der Waals surface area contributed by atoms with E-state index < -0.39 is 17.6 Å². The second kappa shape index (κ2) is 5.48. The van der Waals surface area contributed by atoms with Crippen LogP contribution in [-0.2, 0) is 4.74 Å². The van der Waals surface area contributed by atoms with Crippen molar-refractivity contribution in [1.29, 1.82) is 0 Å². The number of halogens is 3. The molecule has 0 N–H and O–H groups in total. The first kappa shape index (κ1) is 13.7. The minimum Gasteiger partial charge on any atom is -0.462 e. The van der Waals surface area contributed by atoms with Crippen molar-refractivity contribution in [3.63, 3.8) is 0 Å². The van der Waals surface area contributed by atoms with Gasteiger partial charge < -0.3 is 4.74 Å². The summed E-state index contributed by atoms with van der Waals surface area (Å²) in [5.74, 6) is -2.16. The first-order chi connectivity index (χ1) is 9.02. The van der Waals surface area contributed by atoms with Gasteiger partial charge in [0.15, 0.2) is 11.6 Å². The summed E-state index contributed by atoms with van der Waals surface area (Å²) in [6.45, 7) is 1.88. The van der Waals surface area contributed by atoms with Crippen molar-refractivity contribution >= 4 is 21.9 Å². The number of esters is 1. The van der Waals surface area contributed by atoms with Crippen LogP contribution >= 0.6 is 15.9 Å². The Balaban J connectivity index is 2.41. The molecule has 2 aromatic rings. The Kier molecular flexibility index (Phi) is 3.94. The molecule has 1 heterocycles. The Labute approximate surface area is 116 Å². The fourth-order valence-corrected chi connectivity index (χ4v) is 1.92. The van der Waals surface area contributed by atoms with Crippen LogP contribution in [0.2, 0.25) is 0 Å². The Morgan fingerprint density at radius 2 is 2.05 bits per heavy atom. The molecular formula is C12H9BrF2N2O2. The first-order valence-corrected chi connectivity index (χ1v) is 6.19. The maximum atomic E-state index is 13.7. The van der Waals surface area contributed by atoms with Gasteiger partial charge in [0.25, 0.3) is 0 Å². The molecule has 0 radical (unpaired) electrons. The van der Waals surface area contributed by atoms with Gasteiger partial charge in [0.2, 0.25) is 0 Å². The molecule has 0 fully saturated rings. The van der Waals surface area contributed by atoms with Gasteiger partial charge in [0, 0.05) is 10.7 Å². The Morgan fingerprint density at radius 1 is 1.42 bits per heavy atom. The molecule has 0 saturated heterocycles. The molecule has 0 atom stereocenters. The molecule has 0 spiro atoms. The van der Waals surface area contributed by atoms with Crippen molar-refractivity contribution < 1.29 is 18.3 Å². The summed E-state index contributed by atoms with van der Waals surface area (Å²) in [6.07, 6.45) is 2.41. The van der Waals surface area contributed by atoms with Crippen molar-refractivity contribution in [2.75, 3.05) is 6.61 Å². The summed E-state index contributed by atoms with van der Waals surface area (Å²) in [5, 5.41) is 3.76. The average molecular weight is 331 g/mol. The highest BCUT2D eigenvalue weighted by atomic mass is 79.9. The minimum absolute atomic E-state index is 0.128. The standard InChI is InChI=1S/C12H9BrF2N2O2/c1-2-19-12(18)7-5-16-17(6-7)11-9(14)3-8(13)4-10(11)15/h3-6H,2H2,1H3. The molecule has 0 unspecified atom stereocenters. The smallest absolute Gasteiger partial charge is 0.341 e. The number of aromatic nitrogens is 2. The van der Waals surface area contributed by atoms with Crippen molar-refractivity contribution in [2.24, 2.45) is 0 Å². The van der Waals surface area contributed by atoms with E-state index in [1.54, 1.807) is 6.92 Å². The van der Waals surface area contributed by atoms with E-state index >= 15 is 0 Å². The van der Waals surface area contributed by atoms with Crippen molar-refractivity contribution in [2.45, 2.75) is 6.92 Å². The molecule has 0 aliphatic carbocycles. The van der Waals surface area contributed by atoms with E-state index in [0.29, 0.717) is 0 Å². The number of benzene rings is 1. The number of hydrogen-bond acceptors (Lipinski definition) is 3. The molecule has 19 heavy (non-hydrogen) atoms. The largest absolute Gasteiger partial charge is 0.462 e. The van der Waals surface area contributed by atoms with Gasteiger partial charge >= 0.3 is 5.97 Å². The van der Waals surface area contributed by atoms with Gasteiger partial charge in [-0.2, -0.15) is 5.10 Å². The van der Waals surface area contributed by atoms with E-state index in [2.05, 4.69) is 21.0 Å². The molecule has 7 heteroatoms. The molecule has 2 rings (SSSR count). The van der Waals surface area contributed by atoms with E-state index in [1.165, 1.54) is 12.4 Å². The zero-order valence-electron chi connectivity index (χ0n) is 9.86. The molecule has 0 amide bonds. The zero-order valence-corrected chi connectivity index (χ0v) is 11.4. The highest BCUT2D eigenvalue weighted by molar-refractivity contribution is 9.10. The number of ether oxygens (including phenoxy) is 1. The lowest BCUT2D eigenvalue weighted by atomic mass is 10.3. The summed E-state index contributed by atoms with van der Waals surface area (Å²) >= 11 is 2.98. The van der Waals surface area contributed by atoms with Gasteiger partial charge in [-0.1, -0.05) is 15.9 Å². The fraction of sp³-hybridized carbons (Fsp3) is 0.167. The summed E-state index contributed by atoms with van der Waals surface area (Å²) in [5.41, 5.74) is -0.220. The summed E-state index contributed by atoms with van der Waals surface area (Å²) in [7, 11) is 0. The van der Waals surface area contributed by atoms with Crippen LogP contribution in [0.25, 0.3) is 5.69 Å². The van der Waals surface area contributed by atoms with Crippen LogP contribution in [0.5, 0.6) is 0 Å². The van der Waals surface area contributed by atoms with E-state index in [1.807, 2.05) is 0 Å². The van der Waals surface area contributed by atoms with Gasteiger partial charge in [0.1, 0.15) is 5.69 Å². The zero-order chi connectivity index (χ0) is 14.0. The lowest BCUT2D eigenvalue weighted by Gasteiger charge is -2.05. The first-order valence-electron chi connectivity index (χ1n) is 5.39. The third-order valence-electron chi connectivity index (χ3n) is 2.30. The Morgan fingerprint density at radius 3 is 2.63 bits per heavy atom. The van der Waals surface area contributed by atoms with Crippen LogP contribution in [0.3, 0.4) is 0 Å². The van der Waals surface area contributed by atoms with E-state index in [9.17, 15) is 13.6 Å². The third kappa shape index (κ3) is 2.81. The molecule has 1 aromatic carbocycles. The number of carbonyl (C=O) groups excluding carboxylic acids is 1. The SMILES string of the molecule is CCOC(=O)c1cnn(-c2c(F)cc(Br)cc2F)c1. The van der Waals surface area contributed by atoms with Crippen molar-refractivity contribution in [1.82, 2.24) is 9.78 Å². The molecule has 4 nitrogen and oxygen atoms in total. The molecule has 0 saturated carbocycles. The maximum absolute atomic E-state index is 13.7. The highest BCUT2D eigenvalue weighted by Crippen LogP contribution is 2.22. The predicted molar refractivity (Wildman–Crippen MR) is 67.1 cm³/mol. The lowest BCUT2D eigenvalue weighted by Crippen LogP contribution is -2.04. The van der Waals surface area contributed by atoms with Gasteiger partial charge in [-0.15, -0.1) is 0 Å². The van der Waals surface area contributed by atoms with Crippen LogP contribution in [0.1, 0.15) is 17.3 Å². The third-order valence-corrected chi connectivity index (χ3v) is 2.76. The van der Waals surface area contributed by atoms with E-state index in [4.69, 9.17) is 4.74 Å². The number of carbonyl (C=O) groups is 1. The molecule has 0 aliphatic rings. The lowest BCUT2D eigenvalue weighted by molar-refractivity contribution is 0.0526. The second-order valence-corrected chi connectivity index (χ2v) is 4.53. The van der Waals surface area contributed by atoms with Gasteiger partial charge in [-0.25, -0.2) is 18.3 Å². The van der Waals surface area contributed by atoms with Gasteiger partial charge in [-0.3, -0.25) is 0 Å². The van der Waals surface area contributed by atoms with Crippen LogP contribution in [0.4, 0.5) is 8.78 Å². The quantitative estimate of drug-likeness (QED) is 0.812. The minimum atomic E-state index is -0.787. The summed E-state index contributed by atoms with van der Waals surface area (Å²) < 4.78 is 33.4. The van der Waals surface area contributed by atoms with Gasteiger partial charge in [-0.05, 0) is 19.1 Å². The Hall–Kier alpha value is -1.76. The predicted octanol–water partition coefficient (Wildman–Crippen LogP) is 3.09. The Bertz CT molecular complexity index is 605. The summed E-state index contributed by atoms with van der Waals surface area (Å²) in [4.78, 5) is 11.4. The molecule has 1 aromatic heterocycles.